The van der Waals surface area contributed by atoms with Gasteiger partial charge in [0.15, 0.2) is 0 Å². The summed E-state index contributed by atoms with van der Waals surface area (Å²) in [6, 6.07) is 0. The monoisotopic (exact) mass is 564 g/mol. The van der Waals surface area contributed by atoms with Gasteiger partial charge in [-0.15, -0.1) is 0 Å². The molecule has 0 aromatic rings. The van der Waals surface area contributed by atoms with E-state index in [1.807, 2.05) is 0 Å². The standard InChI is InChI=1S/C24H44O3.C9H12O4/c1-2-3-4-5-6-7-8-9-10-11-12-13-14-15-16-17-21-27-24(25)23-19-18-20-26-22-23;1-4-13-9(12)7(3)5-6(2)8(10)11/h22H,2-21H2,1H3;5H,3-4H2,1-2H3,(H,10,11). The maximum atomic E-state index is 11.8. The van der Waals surface area contributed by atoms with Crippen LogP contribution in [0.25, 0.3) is 0 Å². The van der Waals surface area contributed by atoms with Crippen LogP contribution in [0.5, 0.6) is 0 Å². The Morgan fingerprint density at radius 3 is 1.77 bits per heavy atom. The van der Waals surface area contributed by atoms with Crippen LogP contribution < -0.4 is 0 Å². The van der Waals surface area contributed by atoms with E-state index in [0.717, 1.165) is 25.9 Å². The summed E-state index contributed by atoms with van der Waals surface area (Å²) >= 11 is 0. The minimum atomic E-state index is -1.08. The van der Waals surface area contributed by atoms with Gasteiger partial charge in [0.2, 0.25) is 0 Å². The van der Waals surface area contributed by atoms with E-state index in [0.29, 0.717) is 12.2 Å². The van der Waals surface area contributed by atoms with Crippen molar-refractivity contribution in [1.82, 2.24) is 0 Å². The second kappa shape index (κ2) is 26.6. The van der Waals surface area contributed by atoms with E-state index in [1.54, 1.807) is 13.2 Å². The molecule has 0 saturated heterocycles. The fraction of sp³-hybridized carbons (Fsp3) is 0.727. The van der Waals surface area contributed by atoms with E-state index in [2.05, 4.69) is 18.2 Å². The van der Waals surface area contributed by atoms with E-state index in [-0.39, 0.29) is 23.7 Å². The molecule has 0 saturated carbocycles. The quantitative estimate of drug-likeness (QED) is 0.0608. The van der Waals surface area contributed by atoms with E-state index < -0.39 is 11.9 Å². The van der Waals surface area contributed by atoms with Gasteiger partial charge in [0.25, 0.3) is 0 Å². The van der Waals surface area contributed by atoms with Crippen LogP contribution in [0.1, 0.15) is 136 Å². The summed E-state index contributed by atoms with van der Waals surface area (Å²) < 4.78 is 15.1. The zero-order chi connectivity index (χ0) is 29.8. The molecule has 0 aliphatic carbocycles. The third-order valence-electron chi connectivity index (χ3n) is 6.69. The first-order chi connectivity index (χ1) is 19.3. The molecule has 7 heteroatoms. The van der Waals surface area contributed by atoms with Gasteiger partial charge in [0.05, 0.1) is 37.2 Å². The third-order valence-corrected chi connectivity index (χ3v) is 6.69. The second-order valence-corrected chi connectivity index (χ2v) is 10.4. The highest BCUT2D eigenvalue weighted by molar-refractivity contribution is 5.94. The van der Waals surface area contributed by atoms with E-state index in [4.69, 9.17) is 14.6 Å². The molecule has 0 bridgehead atoms. The molecule has 0 fully saturated rings. The summed E-state index contributed by atoms with van der Waals surface area (Å²) in [7, 11) is 0. The molecule has 0 aromatic heterocycles. The van der Waals surface area contributed by atoms with Gasteiger partial charge in [-0.3, -0.25) is 0 Å². The zero-order valence-electron chi connectivity index (χ0n) is 25.6. The number of carboxylic acid groups (broad SMARTS) is 1. The second-order valence-electron chi connectivity index (χ2n) is 10.4. The van der Waals surface area contributed by atoms with Crippen LogP contribution in [0.3, 0.4) is 0 Å². The summed E-state index contributed by atoms with van der Waals surface area (Å²) in [6.07, 6.45) is 26.2. The number of hydrogen-bond donors (Lipinski definition) is 1. The molecule has 0 unspecified atom stereocenters. The molecular formula is C33H56O7. The minimum Gasteiger partial charge on any atom is -0.501 e. The van der Waals surface area contributed by atoms with Gasteiger partial charge in [0, 0.05) is 5.57 Å². The lowest BCUT2D eigenvalue weighted by molar-refractivity contribution is -0.140. The fourth-order valence-corrected chi connectivity index (χ4v) is 4.23. The number of carboxylic acids is 1. The van der Waals surface area contributed by atoms with E-state index in [9.17, 15) is 14.4 Å². The number of unbranched alkanes of at least 4 members (excludes halogenated alkanes) is 15. The highest BCUT2D eigenvalue weighted by Crippen LogP contribution is 2.15. The number of rotatable bonds is 22. The predicted octanol–water partition coefficient (Wildman–Crippen LogP) is 8.62. The van der Waals surface area contributed by atoms with Crippen molar-refractivity contribution in [2.75, 3.05) is 19.8 Å². The van der Waals surface area contributed by atoms with Gasteiger partial charge < -0.3 is 19.3 Å². The van der Waals surface area contributed by atoms with Crippen molar-refractivity contribution >= 4 is 17.9 Å². The number of esters is 2. The normalized spacial score (nSPS) is 12.9. The Balaban J connectivity index is 0.000000983. The molecule has 230 valence electrons. The lowest BCUT2D eigenvalue weighted by atomic mass is 10.0. The third kappa shape index (κ3) is 22.3. The van der Waals surface area contributed by atoms with Gasteiger partial charge in [-0.2, -0.15) is 0 Å². The Morgan fingerprint density at radius 1 is 0.850 bits per heavy atom. The van der Waals surface area contributed by atoms with Crippen LogP contribution in [0, 0.1) is 0 Å². The van der Waals surface area contributed by atoms with Crippen LogP contribution in [-0.4, -0.2) is 42.8 Å². The minimum absolute atomic E-state index is 0.0433. The lowest BCUT2D eigenvalue weighted by Gasteiger charge is -2.12. The van der Waals surface area contributed by atoms with Gasteiger partial charge in [-0.05, 0) is 39.2 Å². The van der Waals surface area contributed by atoms with Gasteiger partial charge in [-0.1, -0.05) is 110 Å². The molecule has 0 radical (unpaired) electrons. The Kier molecular flexibility index (Phi) is 24.9. The van der Waals surface area contributed by atoms with Crippen molar-refractivity contribution in [3.05, 3.63) is 35.6 Å². The molecule has 7 nitrogen and oxygen atoms in total. The average Bonchev–Trinajstić information content (AvgIpc) is 2.95. The molecule has 1 N–H and O–H groups in total. The van der Waals surface area contributed by atoms with Crippen molar-refractivity contribution in [3.8, 4) is 0 Å². The smallest absolute Gasteiger partial charge is 0.337 e. The topological polar surface area (TPSA) is 99.1 Å². The Labute approximate surface area is 243 Å². The summed E-state index contributed by atoms with van der Waals surface area (Å²) in [5, 5.41) is 8.48. The Hall–Kier alpha value is -2.57. The maximum Gasteiger partial charge on any atom is 0.337 e. The van der Waals surface area contributed by atoms with Gasteiger partial charge >= 0.3 is 17.9 Å². The first kappa shape index (κ1) is 37.4. The van der Waals surface area contributed by atoms with Crippen molar-refractivity contribution in [2.45, 2.75) is 136 Å². The average molecular weight is 565 g/mol. The number of carbonyl (C=O) groups is 3. The SMILES string of the molecule is C=C(C=C(C)C(=O)O)C(=O)OCC.CCCCCCCCCCCCCCCCCCOC(=O)C1=COCCC1. The number of hydrogen-bond acceptors (Lipinski definition) is 6. The van der Waals surface area contributed by atoms with Crippen molar-refractivity contribution in [2.24, 2.45) is 0 Å². The summed E-state index contributed by atoms with van der Waals surface area (Å²) in [4.78, 5) is 33.1. The Morgan fingerprint density at radius 2 is 1.35 bits per heavy atom. The highest BCUT2D eigenvalue weighted by atomic mass is 16.5. The molecule has 1 aliphatic heterocycles. The largest absolute Gasteiger partial charge is 0.501 e. The first-order valence-corrected chi connectivity index (χ1v) is 15.6. The highest BCUT2D eigenvalue weighted by Gasteiger charge is 2.14. The Bertz CT molecular complexity index is 767. The first-order valence-electron chi connectivity index (χ1n) is 15.6. The van der Waals surface area contributed by atoms with Gasteiger partial charge in [-0.25, -0.2) is 14.4 Å². The molecule has 0 spiro atoms. The predicted molar refractivity (Wildman–Crippen MR) is 161 cm³/mol. The molecular weight excluding hydrogens is 508 g/mol. The van der Waals surface area contributed by atoms with Crippen molar-refractivity contribution in [3.63, 3.8) is 0 Å². The maximum absolute atomic E-state index is 11.8. The zero-order valence-corrected chi connectivity index (χ0v) is 25.6. The molecule has 1 heterocycles. The van der Waals surface area contributed by atoms with E-state index in [1.165, 1.54) is 109 Å². The van der Waals surface area contributed by atoms with Crippen LogP contribution >= 0.6 is 0 Å². The van der Waals surface area contributed by atoms with E-state index >= 15 is 0 Å². The number of carbonyl (C=O) groups excluding carboxylic acids is 2. The summed E-state index contributed by atoms with van der Waals surface area (Å²) in [6.45, 7) is 10.2. The molecule has 0 atom stereocenters. The van der Waals surface area contributed by atoms with Crippen LogP contribution in [0.2, 0.25) is 0 Å². The summed E-state index contributed by atoms with van der Waals surface area (Å²) in [5.41, 5.74) is 0.789. The molecule has 1 rings (SSSR count). The number of ether oxygens (including phenoxy) is 3. The molecule has 1 aliphatic rings. The molecule has 0 aromatic carbocycles. The molecule has 0 amide bonds. The van der Waals surface area contributed by atoms with Crippen LogP contribution in [-0.2, 0) is 28.6 Å². The van der Waals surface area contributed by atoms with Crippen molar-refractivity contribution < 1.29 is 33.7 Å². The van der Waals surface area contributed by atoms with Crippen LogP contribution in [0.4, 0.5) is 0 Å². The number of aliphatic carboxylic acids is 1. The van der Waals surface area contributed by atoms with Crippen LogP contribution in [0.15, 0.2) is 35.6 Å². The fourth-order valence-electron chi connectivity index (χ4n) is 4.23. The van der Waals surface area contributed by atoms with Gasteiger partial charge in [0.1, 0.15) is 0 Å². The molecule has 40 heavy (non-hydrogen) atoms. The van der Waals surface area contributed by atoms with Crippen molar-refractivity contribution in [1.29, 1.82) is 0 Å². The summed E-state index contributed by atoms with van der Waals surface area (Å²) in [5.74, 6) is -1.86. The lowest BCUT2D eigenvalue weighted by Crippen LogP contribution is -2.12.